The lowest BCUT2D eigenvalue weighted by Crippen LogP contribution is -2.34. The quantitative estimate of drug-likeness (QED) is 0.519. The second-order valence-electron chi connectivity index (χ2n) is 2.38. The topological polar surface area (TPSA) is 44.5 Å². The third-order valence-electron chi connectivity index (χ3n) is 1.70. The van der Waals surface area contributed by atoms with Gasteiger partial charge in [0.2, 0.25) is 0 Å². The Labute approximate surface area is 59.1 Å². The van der Waals surface area contributed by atoms with Gasteiger partial charge in [0.05, 0.1) is 6.04 Å². The Morgan fingerprint density at radius 2 is 2.50 bits per heavy atom. The molecule has 3 nitrogen and oxygen atoms in total. The van der Waals surface area contributed by atoms with E-state index in [9.17, 15) is 0 Å². The molecule has 0 aromatic heterocycles. The number of nitrogens with two attached hydrogens (primary N) is 1. The smallest absolute Gasteiger partial charge is 0.189 e. The van der Waals surface area contributed by atoms with Crippen LogP contribution in [0, 0.1) is 0 Å². The number of hydrogen-bond acceptors (Lipinski definition) is 3. The second kappa shape index (κ2) is 2.11. The van der Waals surface area contributed by atoms with Gasteiger partial charge in [-0.2, -0.15) is 0 Å². The highest BCUT2D eigenvalue weighted by molar-refractivity contribution is 5.23. The molecule has 1 heterocycles. The monoisotopic (exact) mass is 139 g/mol. The summed E-state index contributed by atoms with van der Waals surface area (Å²) < 4.78 is 10.3. The van der Waals surface area contributed by atoms with Crippen molar-refractivity contribution in [3.8, 4) is 0 Å². The van der Waals surface area contributed by atoms with Gasteiger partial charge in [-0.15, -0.1) is 0 Å². The summed E-state index contributed by atoms with van der Waals surface area (Å²) in [7, 11) is 0. The van der Waals surface area contributed by atoms with Crippen LogP contribution in [0.1, 0.15) is 0 Å². The van der Waals surface area contributed by atoms with E-state index < -0.39 is 0 Å². The average molecular weight is 139 g/mol. The molecule has 0 aromatic carbocycles. The molecule has 2 unspecified atom stereocenters. The van der Waals surface area contributed by atoms with Crippen molar-refractivity contribution in [1.82, 2.24) is 0 Å². The minimum Gasteiger partial charge on any atom is -0.469 e. The average Bonchev–Trinajstić information content (AvgIpc) is 2.36. The van der Waals surface area contributed by atoms with Crippen LogP contribution in [-0.4, -0.2) is 18.9 Å². The summed E-state index contributed by atoms with van der Waals surface area (Å²) in [5, 5.41) is 0. The highest BCUT2D eigenvalue weighted by atomic mass is 16.7. The molecule has 54 valence electrons. The van der Waals surface area contributed by atoms with Gasteiger partial charge < -0.3 is 15.2 Å². The molecule has 0 bridgehead atoms. The molecule has 0 spiro atoms. The lowest BCUT2D eigenvalue weighted by molar-refractivity contribution is 0.0461. The van der Waals surface area contributed by atoms with Gasteiger partial charge in [0.25, 0.3) is 0 Å². The Morgan fingerprint density at radius 1 is 1.60 bits per heavy atom. The van der Waals surface area contributed by atoms with Crippen LogP contribution in [0.2, 0.25) is 0 Å². The number of ether oxygens (including phenoxy) is 2. The van der Waals surface area contributed by atoms with E-state index in [2.05, 4.69) is 0 Å². The maximum Gasteiger partial charge on any atom is 0.189 e. The number of hydrogen-bond donors (Lipinski definition) is 1. The zero-order chi connectivity index (χ0) is 6.97. The third-order valence-corrected chi connectivity index (χ3v) is 1.70. The van der Waals surface area contributed by atoms with Crippen molar-refractivity contribution in [3.63, 3.8) is 0 Å². The zero-order valence-electron chi connectivity index (χ0n) is 5.49. The molecule has 0 amide bonds. The first-order valence-electron chi connectivity index (χ1n) is 3.26. The van der Waals surface area contributed by atoms with Crippen LogP contribution in [0.5, 0.6) is 0 Å². The highest BCUT2D eigenvalue weighted by Crippen LogP contribution is 2.22. The first-order valence-corrected chi connectivity index (χ1v) is 3.26. The van der Waals surface area contributed by atoms with Crippen LogP contribution in [0.25, 0.3) is 0 Å². The summed E-state index contributed by atoms with van der Waals surface area (Å²) in [5.74, 6) is 0.856. The fourth-order valence-electron chi connectivity index (χ4n) is 1.16. The zero-order valence-corrected chi connectivity index (χ0v) is 5.49. The van der Waals surface area contributed by atoms with E-state index in [1.807, 2.05) is 18.2 Å². The van der Waals surface area contributed by atoms with Crippen molar-refractivity contribution in [2.75, 3.05) is 6.79 Å². The van der Waals surface area contributed by atoms with E-state index in [-0.39, 0.29) is 12.1 Å². The minimum absolute atomic E-state index is 0.0370. The van der Waals surface area contributed by atoms with Crippen LogP contribution < -0.4 is 5.73 Å². The second-order valence-corrected chi connectivity index (χ2v) is 2.38. The minimum atomic E-state index is -0.0394. The molecule has 2 rings (SSSR count). The molecule has 0 radical (unpaired) electrons. The molecule has 1 fully saturated rings. The van der Waals surface area contributed by atoms with E-state index in [1.165, 1.54) is 0 Å². The van der Waals surface area contributed by atoms with Gasteiger partial charge in [-0.05, 0) is 6.08 Å². The van der Waals surface area contributed by atoms with Gasteiger partial charge in [-0.3, -0.25) is 0 Å². The van der Waals surface area contributed by atoms with Crippen LogP contribution >= 0.6 is 0 Å². The van der Waals surface area contributed by atoms with Crippen molar-refractivity contribution in [2.24, 2.45) is 5.73 Å². The van der Waals surface area contributed by atoms with Crippen LogP contribution in [0.3, 0.4) is 0 Å². The predicted molar refractivity (Wildman–Crippen MR) is 36.0 cm³/mol. The molecule has 1 saturated heterocycles. The fourth-order valence-corrected chi connectivity index (χ4v) is 1.16. The summed E-state index contributed by atoms with van der Waals surface area (Å²) in [4.78, 5) is 0. The molecule has 1 aliphatic carbocycles. The van der Waals surface area contributed by atoms with Crippen LogP contribution in [0.4, 0.5) is 0 Å². The van der Waals surface area contributed by atoms with E-state index in [0.717, 1.165) is 5.76 Å². The standard InChI is InChI=1S/C7H9NO2/c8-5-2-1-3-6-7(5)10-4-9-6/h1-3,5,7H,4,8H2. The Bertz CT molecular complexity index is 198. The first-order chi connectivity index (χ1) is 4.88. The van der Waals surface area contributed by atoms with Gasteiger partial charge in [0.1, 0.15) is 11.9 Å². The molecular formula is C7H9NO2. The van der Waals surface area contributed by atoms with Crippen molar-refractivity contribution in [1.29, 1.82) is 0 Å². The molecule has 2 aliphatic rings. The van der Waals surface area contributed by atoms with Crippen molar-refractivity contribution in [2.45, 2.75) is 12.1 Å². The summed E-state index contributed by atoms with van der Waals surface area (Å²) in [6.45, 7) is 0.339. The van der Waals surface area contributed by atoms with Crippen molar-refractivity contribution < 1.29 is 9.47 Å². The van der Waals surface area contributed by atoms with Gasteiger partial charge in [0, 0.05) is 0 Å². The number of allylic oxidation sites excluding steroid dienone is 2. The van der Waals surface area contributed by atoms with Gasteiger partial charge in [0.15, 0.2) is 6.79 Å². The van der Waals surface area contributed by atoms with Gasteiger partial charge in [-0.1, -0.05) is 12.2 Å². The Morgan fingerprint density at radius 3 is 3.30 bits per heavy atom. The normalized spacial score (nSPS) is 36.7. The molecular weight excluding hydrogens is 130 g/mol. The van der Waals surface area contributed by atoms with E-state index in [1.54, 1.807) is 0 Å². The van der Waals surface area contributed by atoms with Gasteiger partial charge >= 0.3 is 0 Å². The fraction of sp³-hybridized carbons (Fsp3) is 0.429. The summed E-state index contributed by atoms with van der Waals surface area (Å²) in [6.07, 6.45) is 5.65. The summed E-state index contributed by atoms with van der Waals surface area (Å²) >= 11 is 0. The first kappa shape index (κ1) is 5.95. The van der Waals surface area contributed by atoms with E-state index >= 15 is 0 Å². The SMILES string of the molecule is NC1C=CC=C2OCOC21. The molecule has 2 N–H and O–H groups in total. The Hall–Kier alpha value is -0.800. The van der Waals surface area contributed by atoms with Crippen LogP contribution in [-0.2, 0) is 9.47 Å². The molecule has 0 aromatic rings. The molecule has 3 heteroatoms. The van der Waals surface area contributed by atoms with E-state index in [0.29, 0.717) is 6.79 Å². The maximum atomic E-state index is 5.69. The summed E-state index contributed by atoms with van der Waals surface area (Å²) in [5.41, 5.74) is 5.69. The molecule has 2 atom stereocenters. The van der Waals surface area contributed by atoms with E-state index in [4.69, 9.17) is 15.2 Å². The molecule has 1 aliphatic heterocycles. The van der Waals surface area contributed by atoms with Crippen molar-refractivity contribution >= 4 is 0 Å². The van der Waals surface area contributed by atoms with Gasteiger partial charge in [-0.25, -0.2) is 0 Å². The highest BCUT2D eigenvalue weighted by Gasteiger charge is 2.29. The Kier molecular flexibility index (Phi) is 1.25. The predicted octanol–water partition coefficient (Wildman–Crippen LogP) is 0.140. The Balaban J connectivity index is 2.25. The van der Waals surface area contributed by atoms with Crippen LogP contribution in [0.15, 0.2) is 24.0 Å². The molecule has 0 saturated carbocycles. The third kappa shape index (κ3) is 0.751. The lowest BCUT2D eigenvalue weighted by Gasteiger charge is -2.16. The maximum absolute atomic E-state index is 5.69. The largest absolute Gasteiger partial charge is 0.469 e. The van der Waals surface area contributed by atoms with Crippen molar-refractivity contribution in [3.05, 3.63) is 24.0 Å². The number of rotatable bonds is 0. The summed E-state index contributed by atoms with van der Waals surface area (Å²) in [6, 6.07) is -0.0394. The molecule has 10 heavy (non-hydrogen) atoms. The number of fused-ring (bicyclic) bond motifs is 1. The lowest BCUT2D eigenvalue weighted by atomic mass is 10.1.